The molecule has 0 saturated heterocycles. The summed E-state index contributed by atoms with van der Waals surface area (Å²) in [5.41, 5.74) is 8.29. The molecule has 4 N–H and O–H groups in total. The molecule has 0 radical (unpaired) electrons. The number of ether oxygens (including phenoxy) is 3. The number of aromatic hydroxyl groups is 1. The van der Waals surface area contributed by atoms with Crippen molar-refractivity contribution in [3.8, 4) is 23.0 Å². The zero-order valence-electron chi connectivity index (χ0n) is 15.2. The molecule has 2 aromatic carbocycles. The summed E-state index contributed by atoms with van der Waals surface area (Å²) in [5, 5.41) is 13.2. The van der Waals surface area contributed by atoms with E-state index in [1.807, 2.05) is 22.8 Å². The lowest BCUT2D eigenvalue weighted by atomic mass is 10.1. The van der Waals surface area contributed by atoms with E-state index < -0.39 is 6.17 Å². The number of nitrogens with two attached hydrogens (primary N) is 1. The number of benzene rings is 2. The topological polar surface area (TPSA) is 116 Å². The Hall–Kier alpha value is -3.62. The lowest BCUT2D eigenvalue weighted by Crippen LogP contribution is -2.31. The number of nitrogens with one attached hydrogen (secondary N) is 1. The monoisotopic (exact) mass is 381 g/mol. The molecule has 144 valence electrons. The van der Waals surface area contributed by atoms with Gasteiger partial charge in [0.15, 0.2) is 35.1 Å². The smallest absolute Gasteiger partial charge is 0.212 e. The molecule has 1 aromatic heterocycles. The third-order valence-electron chi connectivity index (χ3n) is 4.81. The van der Waals surface area contributed by atoms with Crippen LogP contribution in [0.4, 0.5) is 5.95 Å². The molecule has 0 spiro atoms. The maximum absolute atomic E-state index is 10.2. The normalized spacial score (nSPS) is 18.0. The number of guanidine groups is 1. The highest BCUT2D eigenvalue weighted by Crippen LogP contribution is 2.40. The Morgan fingerprint density at radius 1 is 1.21 bits per heavy atom. The van der Waals surface area contributed by atoms with Crippen LogP contribution in [-0.2, 0) is 0 Å². The summed E-state index contributed by atoms with van der Waals surface area (Å²) in [6.07, 6.45) is 0.330. The number of hydrogen-bond donors (Lipinski definition) is 3. The van der Waals surface area contributed by atoms with E-state index in [0.29, 0.717) is 36.4 Å². The van der Waals surface area contributed by atoms with Crippen LogP contribution in [0.25, 0.3) is 11.0 Å². The Balaban J connectivity index is 1.68. The van der Waals surface area contributed by atoms with E-state index in [0.717, 1.165) is 23.0 Å². The number of phenols is 1. The molecule has 9 heteroatoms. The summed E-state index contributed by atoms with van der Waals surface area (Å²) < 4.78 is 18.6. The van der Waals surface area contributed by atoms with Crippen LogP contribution in [0.3, 0.4) is 0 Å². The van der Waals surface area contributed by atoms with Crippen molar-refractivity contribution in [2.24, 2.45) is 10.7 Å². The Morgan fingerprint density at radius 2 is 2.00 bits per heavy atom. The summed E-state index contributed by atoms with van der Waals surface area (Å²) in [5.74, 6) is 2.57. The number of aromatic nitrogens is 2. The minimum atomic E-state index is -0.497. The molecule has 0 fully saturated rings. The number of imidazole rings is 1. The first kappa shape index (κ1) is 16.5. The predicted molar refractivity (Wildman–Crippen MR) is 103 cm³/mol. The van der Waals surface area contributed by atoms with Gasteiger partial charge in [-0.3, -0.25) is 9.88 Å². The van der Waals surface area contributed by atoms with E-state index in [1.165, 1.54) is 7.11 Å². The predicted octanol–water partition coefficient (Wildman–Crippen LogP) is 2.20. The van der Waals surface area contributed by atoms with Gasteiger partial charge in [0.25, 0.3) is 0 Å². The van der Waals surface area contributed by atoms with Crippen LogP contribution in [0.15, 0.2) is 35.3 Å². The van der Waals surface area contributed by atoms with Crippen molar-refractivity contribution >= 4 is 22.9 Å². The minimum Gasteiger partial charge on any atom is -0.504 e. The molecule has 0 aliphatic carbocycles. The largest absolute Gasteiger partial charge is 0.504 e. The SMILES string of the molecule is COc1ccc([C@H]2N=C(N)Nc3nc4cc5c(cc4n32)OCCCO5)cc1O. The molecule has 2 aliphatic rings. The van der Waals surface area contributed by atoms with Gasteiger partial charge in [0, 0.05) is 24.1 Å². The summed E-state index contributed by atoms with van der Waals surface area (Å²) in [6, 6.07) is 8.91. The second-order valence-corrected chi connectivity index (χ2v) is 6.59. The Morgan fingerprint density at radius 3 is 2.75 bits per heavy atom. The summed E-state index contributed by atoms with van der Waals surface area (Å²) in [6.45, 7) is 1.20. The number of fused-ring (bicyclic) bond motifs is 4. The van der Waals surface area contributed by atoms with E-state index in [2.05, 4.69) is 15.3 Å². The van der Waals surface area contributed by atoms with Gasteiger partial charge < -0.3 is 25.1 Å². The number of phenolic OH excluding ortho intramolecular Hbond substituents is 1. The number of hydrogen-bond acceptors (Lipinski definition) is 8. The highest BCUT2D eigenvalue weighted by atomic mass is 16.5. The maximum Gasteiger partial charge on any atom is 0.212 e. The fourth-order valence-corrected chi connectivity index (χ4v) is 3.52. The number of aliphatic imine (C=N–C) groups is 1. The van der Waals surface area contributed by atoms with Crippen LogP contribution in [0.1, 0.15) is 18.2 Å². The lowest BCUT2D eigenvalue weighted by Gasteiger charge is -2.24. The van der Waals surface area contributed by atoms with Crippen molar-refractivity contribution in [1.29, 1.82) is 0 Å². The van der Waals surface area contributed by atoms with Crippen LogP contribution >= 0.6 is 0 Å². The van der Waals surface area contributed by atoms with E-state index >= 15 is 0 Å². The second-order valence-electron chi connectivity index (χ2n) is 6.59. The van der Waals surface area contributed by atoms with Crippen LogP contribution in [0.5, 0.6) is 23.0 Å². The van der Waals surface area contributed by atoms with Gasteiger partial charge in [-0.05, 0) is 12.1 Å². The van der Waals surface area contributed by atoms with Crippen LogP contribution in [0, 0.1) is 0 Å². The van der Waals surface area contributed by atoms with Gasteiger partial charge in [0.05, 0.1) is 31.4 Å². The average Bonchev–Trinajstić information content (AvgIpc) is 2.87. The summed E-state index contributed by atoms with van der Waals surface area (Å²) in [7, 11) is 1.50. The van der Waals surface area contributed by atoms with Gasteiger partial charge in [-0.1, -0.05) is 6.07 Å². The molecule has 0 amide bonds. The molecule has 2 aliphatic heterocycles. The van der Waals surface area contributed by atoms with Crippen molar-refractivity contribution in [3.05, 3.63) is 35.9 Å². The molecule has 3 aromatic rings. The molecule has 0 saturated carbocycles. The van der Waals surface area contributed by atoms with Gasteiger partial charge in [0.1, 0.15) is 0 Å². The van der Waals surface area contributed by atoms with Crippen LogP contribution in [0.2, 0.25) is 0 Å². The molecule has 5 rings (SSSR count). The van der Waals surface area contributed by atoms with Crippen molar-refractivity contribution in [1.82, 2.24) is 9.55 Å². The fourth-order valence-electron chi connectivity index (χ4n) is 3.52. The van der Waals surface area contributed by atoms with Gasteiger partial charge in [-0.25, -0.2) is 9.98 Å². The molecular weight excluding hydrogens is 362 g/mol. The quantitative estimate of drug-likeness (QED) is 0.623. The van der Waals surface area contributed by atoms with Gasteiger partial charge in [0.2, 0.25) is 5.95 Å². The van der Waals surface area contributed by atoms with Crippen molar-refractivity contribution < 1.29 is 19.3 Å². The molecule has 3 heterocycles. The highest BCUT2D eigenvalue weighted by molar-refractivity contribution is 5.95. The first-order valence-electron chi connectivity index (χ1n) is 8.93. The number of anilines is 1. The first-order valence-corrected chi connectivity index (χ1v) is 8.93. The Kier molecular flexibility index (Phi) is 3.68. The molecule has 0 bridgehead atoms. The van der Waals surface area contributed by atoms with Crippen molar-refractivity contribution in [3.63, 3.8) is 0 Å². The van der Waals surface area contributed by atoms with Gasteiger partial charge in [-0.2, -0.15) is 0 Å². The zero-order chi connectivity index (χ0) is 19.3. The molecular formula is C19H19N5O4. The van der Waals surface area contributed by atoms with E-state index in [-0.39, 0.29) is 11.7 Å². The lowest BCUT2D eigenvalue weighted by molar-refractivity contribution is 0.297. The average molecular weight is 381 g/mol. The van der Waals surface area contributed by atoms with Crippen molar-refractivity contribution in [2.75, 3.05) is 25.6 Å². The van der Waals surface area contributed by atoms with Crippen molar-refractivity contribution in [2.45, 2.75) is 12.6 Å². The first-order chi connectivity index (χ1) is 13.6. The Labute approximate surface area is 160 Å². The van der Waals surface area contributed by atoms with Crippen LogP contribution < -0.4 is 25.3 Å². The molecule has 1 atom stereocenters. The minimum absolute atomic E-state index is 0.0314. The third-order valence-corrected chi connectivity index (χ3v) is 4.81. The molecule has 0 unspecified atom stereocenters. The van der Waals surface area contributed by atoms with E-state index in [4.69, 9.17) is 19.9 Å². The number of methoxy groups -OCH3 is 1. The zero-order valence-corrected chi connectivity index (χ0v) is 15.2. The molecule has 28 heavy (non-hydrogen) atoms. The third kappa shape index (κ3) is 2.55. The highest BCUT2D eigenvalue weighted by Gasteiger charge is 2.27. The number of nitrogens with zero attached hydrogens (tertiary/aromatic N) is 3. The van der Waals surface area contributed by atoms with E-state index in [9.17, 15) is 5.11 Å². The fraction of sp³-hybridized carbons (Fsp3) is 0.263. The standard InChI is InChI=1S/C19H19N5O4/c1-26-14-4-3-10(7-13(14)25)17-22-18(20)23-19-21-11-8-15-16(9-12(11)24(17)19)28-6-2-5-27-15/h3-4,7-9,17,25H,2,5-6H2,1H3,(H3,20,21,22,23)/t17-/m0/s1. The van der Waals surface area contributed by atoms with Gasteiger partial charge in [-0.15, -0.1) is 0 Å². The summed E-state index contributed by atoms with van der Waals surface area (Å²) in [4.78, 5) is 9.17. The maximum atomic E-state index is 10.2. The summed E-state index contributed by atoms with van der Waals surface area (Å²) >= 11 is 0. The van der Waals surface area contributed by atoms with E-state index in [1.54, 1.807) is 12.1 Å². The Bertz CT molecular complexity index is 1110. The number of rotatable bonds is 2. The second kappa shape index (κ2) is 6.22. The van der Waals surface area contributed by atoms with Gasteiger partial charge >= 0.3 is 0 Å². The van der Waals surface area contributed by atoms with Crippen LogP contribution in [-0.4, -0.2) is 40.9 Å². The molecule has 9 nitrogen and oxygen atoms in total.